The number of guanidine groups is 1. The highest BCUT2D eigenvalue weighted by Crippen LogP contribution is 2.21. The van der Waals surface area contributed by atoms with Crippen molar-refractivity contribution in [2.24, 2.45) is 10.8 Å². The van der Waals surface area contributed by atoms with Gasteiger partial charge in [-0.05, 0) is 23.1 Å². The van der Waals surface area contributed by atoms with Crippen LogP contribution in [0.5, 0.6) is 0 Å². The fraction of sp³-hybridized carbons (Fsp3) is 0.333. The monoisotopic (exact) mass is 264 g/mol. The van der Waals surface area contributed by atoms with Gasteiger partial charge < -0.3 is 5.73 Å². The van der Waals surface area contributed by atoms with Crippen molar-refractivity contribution in [1.29, 1.82) is 0 Å². The third-order valence-electron chi connectivity index (χ3n) is 2.40. The molecule has 1 aromatic carbocycles. The third-order valence-corrected chi connectivity index (χ3v) is 2.40. The smallest absolute Gasteiger partial charge is 0.319 e. The normalized spacial score (nSPS) is 12.7. The molecule has 0 aliphatic rings. The second kappa shape index (κ2) is 5.94. The van der Waals surface area contributed by atoms with Crippen LogP contribution in [0.4, 0.5) is 0 Å². The number of rotatable bonds is 3. The molecule has 1 aromatic rings. The fourth-order valence-corrected chi connectivity index (χ4v) is 1.37. The molecule has 7 nitrogen and oxygen atoms in total. The van der Waals surface area contributed by atoms with E-state index in [4.69, 9.17) is 5.73 Å². The van der Waals surface area contributed by atoms with Gasteiger partial charge in [0.15, 0.2) is 5.03 Å². The predicted molar refractivity (Wildman–Crippen MR) is 73.0 cm³/mol. The van der Waals surface area contributed by atoms with Crippen LogP contribution < -0.4 is 16.3 Å². The summed E-state index contributed by atoms with van der Waals surface area (Å²) in [7, 11) is 0. The van der Waals surface area contributed by atoms with Crippen LogP contribution in [0.3, 0.4) is 0 Å². The van der Waals surface area contributed by atoms with E-state index >= 15 is 0 Å². The van der Waals surface area contributed by atoms with E-state index in [1.165, 1.54) is 5.56 Å². The molecule has 19 heavy (non-hydrogen) atoms. The lowest BCUT2D eigenvalue weighted by Gasteiger charge is -2.18. The molecule has 0 bridgehead atoms. The molecule has 0 aromatic heterocycles. The molecule has 0 saturated carbocycles. The van der Waals surface area contributed by atoms with E-state index in [0.29, 0.717) is 0 Å². The van der Waals surface area contributed by atoms with Gasteiger partial charge in [-0.2, -0.15) is 0 Å². The van der Waals surface area contributed by atoms with Crippen LogP contribution in [0, 0.1) is 10.1 Å². The number of nitro groups is 1. The lowest BCUT2D eigenvalue weighted by atomic mass is 9.87. The topological polar surface area (TPSA) is 108 Å². The number of hydrogen-bond acceptors (Lipinski definition) is 3. The molecule has 0 fully saturated rings. The zero-order valence-electron chi connectivity index (χ0n) is 11.2. The first-order valence-corrected chi connectivity index (χ1v) is 5.72. The Hall–Kier alpha value is -2.44. The summed E-state index contributed by atoms with van der Waals surface area (Å²) < 4.78 is 0. The number of nitrogens with zero attached hydrogens (tertiary/aromatic N) is 2. The van der Waals surface area contributed by atoms with Crippen molar-refractivity contribution in [2.75, 3.05) is 0 Å². The molecule has 0 aliphatic carbocycles. The summed E-state index contributed by atoms with van der Waals surface area (Å²) in [6.07, 6.45) is 1.60. The van der Waals surface area contributed by atoms with Crippen molar-refractivity contribution in [2.45, 2.75) is 26.2 Å². The summed E-state index contributed by atoms with van der Waals surface area (Å²) in [6, 6.07) is 7.91. The van der Waals surface area contributed by atoms with Crippen molar-refractivity contribution in [1.82, 2.24) is 5.43 Å². The van der Waals surface area contributed by atoms with E-state index in [1.807, 2.05) is 24.3 Å². The lowest BCUT2D eigenvalue weighted by Crippen LogP contribution is -2.64. The van der Waals surface area contributed by atoms with Crippen molar-refractivity contribution in [3.63, 3.8) is 0 Å². The Morgan fingerprint density at radius 1 is 1.42 bits per heavy atom. The highest BCUT2D eigenvalue weighted by atomic mass is 16.7. The molecule has 0 radical (unpaired) electrons. The molecule has 7 heteroatoms. The lowest BCUT2D eigenvalue weighted by molar-refractivity contribution is -0.528. The van der Waals surface area contributed by atoms with Crippen LogP contribution in [-0.4, -0.2) is 17.2 Å². The Balaban J connectivity index is 2.71. The number of hydrogen-bond donors (Lipinski definition) is 3. The predicted octanol–water partition coefficient (Wildman–Crippen LogP) is -0.505. The minimum absolute atomic E-state index is 0.101. The fourth-order valence-electron chi connectivity index (χ4n) is 1.37. The van der Waals surface area contributed by atoms with Gasteiger partial charge in [0.1, 0.15) is 0 Å². The Bertz CT molecular complexity index is 500. The van der Waals surface area contributed by atoms with Crippen LogP contribution in [0.15, 0.2) is 29.4 Å². The van der Waals surface area contributed by atoms with Gasteiger partial charge in [-0.15, -0.1) is 5.10 Å². The Kier molecular flexibility index (Phi) is 4.57. The molecule has 0 spiro atoms. The maximum atomic E-state index is 10.1. The molecule has 0 aliphatic heterocycles. The molecule has 0 unspecified atom stereocenters. The minimum Gasteiger partial charge on any atom is -0.360 e. The van der Waals surface area contributed by atoms with Crippen molar-refractivity contribution < 1.29 is 10.1 Å². The van der Waals surface area contributed by atoms with Gasteiger partial charge in [0.2, 0.25) is 6.21 Å². The zero-order chi connectivity index (χ0) is 14.5. The van der Waals surface area contributed by atoms with Crippen LogP contribution in [0.1, 0.15) is 31.9 Å². The van der Waals surface area contributed by atoms with E-state index in [2.05, 4.69) is 31.0 Å². The van der Waals surface area contributed by atoms with E-state index in [1.54, 1.807) is 11.6 Å². The summed E-state index contributed by atoms with van der Waals surface area (Å²) >= 11 is 0. The second-order valence-corrected chi connectivity index (χ2v) is 5.01. The highest BCUT2D eigenvalue weighted by molar-refractivity contribution is 5.77. The average molecular weight is 264 g/mol. The van der Waals surface area contributed by atoms with E-state index in [-0.39, 0.29) is 11.4 Å². The SMILES string of the molecule is CC(C)(C)c1ccc(C=[NH+]N=C(N)N[N+](=O)[O-])cc1. The number of hydrazine groups is 1. The standard InChI is InChI=1S/C12H17N5O2/c1-12(2,3)10-6-4-9(5-7-10)8-14-15-11(13)16-17(18)19/h4-8H,1-3H3,(H3,13,15,16)/p+1. The molecular weight excluding hydrogens is 246 g/mol. The Labute approximate surface area is 111 Å². The second-order valence-electron chi connectivity index (χ2n) is 5.01. The van der Waals surface area contributed by atoms with Crippen LogP contribution >= 0.6 is 0 Å². The van der Waals surface area contributed by atoms with Gasteiger partial charge >= 0.3 is 5.96 Å². The molecule has 102 valence electrons. The van der Waals surface area contributed by atoms with Gasteiger partial charge in [-0.1, -0.05) is 38.3 Å². The zero-order valence-corrected chi connectivity index (χ0v) is 11.2. The summed E-state index contributed by atoms with van der Waals surface area (Å²) in [5, 5.41) is 15.4. The van der Waals surface area contributed by atoms with Gasteiger partial charge in [-0.25, -0.2) is 10.1 Å². The Morgan fingerprint density at radius 2 is 2.00 bits per heavy atom. The number of benzene rings is 1. The summed E-state index contributed by atoms with van der Waals surface area (Å²) in [5.74, 6) is -0.312. The first-order chi connectivity index (χ1) is 8.79. The molecular formula is C12H18N5O2+. The highest BCUT2D eigenvalue weighted by Gasteiger charge is 2.12. The third kappa shape index (κ3) is 5.15. The largest absolute Gasteiger partial charge is 0.360 e. The molecule has 1 rings (SSSR count). The van der Waals surface area contributed by atoms with Gasteiger partial charge in [0, 0.05) is 10.7 Å². The quantitative estimate of drug-likeness (QED) is 0.296. The molecule has 0 heterocycles. The molecule has 4 N–H and O–H groups in total. The first-order valence-electron chi connectivity index (χ1n) is 5.72. The number of nitrogens with two attached hydrogens (primary N) is 1. The average Bonchev–Trinajstić information content (AvgIpc) is 2.27. The van der Waals surface area contributed by atoms with E-state index in [0.717, 1.165) is 5.56 Å². The number of nitrogens with one attached hydrogen (secondary N) is 2. The first kappa shape index (κ1) is 14.6. The Morgan fingerprint density at radius 3 is 2.47 bits per heavy atom. The van der Waals surface area contributed by atoms with Gasteiger partial charge in [0.05, 0.1) is 0 Å². The number of hydrazone groups is 1. The van der Waals surface area contributed by atoms with Crippen LogP contribution in [-0.2, 0) is 5.41 Å². The van der Waals surface area contributed by atoms with Crippen molar-refractivity contribution >= 4 is 12.2 Å². The minimum atomic E-state index is -0.779. The van der Waals surface area contributed by atoms with Crippen molar-refractivity contribution in [3.8, 4) is 0 Å². The maximum Gasteiger partial charge on any atom is 0.319 e. The summed E-state index contributed by atoms with van der Waals surface area (Å²) in [5.41, 5.74) is 9.18. The van der Waals surface area contributed by atoms with E-state index in [9.17, 15) is 10.1 Å². The summed E-state index contributed by atoms with van der Waals surface area (Å²) in [6.45, 7) is 6.41. The van der Waals surface area contributed by atoms with E-state index < -0.39 is 5.03 Å². The van der Waals surface area contributed by atoms with Gasteiger partial charge in [0.25, 0.3) is 0 Å². The molecule has 0 atom stereocenters. The maximum absolute atomic E-state index is 10.1. The van der Waals surface area contributed by atoms with Crippen LogP contribution in [0.25, 0.3) is 0 Å². The van der Waals surface area contributed by atoms with Crippen LogP contribution in [0.2, 0.25) is 0 Å². The molecule has 0 saturated heterocycles. The molecule has 0 amide bonds. The van der Waals surface area contributed by atoms with Gasteiger partial charge in [-0.3, -0.25) is 0 Å². The summed E-state index contributed by atoms with van der Waals surface area (Å²) in [4.78, 5) is 10.1. The van der Waals surface area contributed by atoms with Crippen molar-refractivity contribution in [3.05, 3.63) is 45.5 Å².